The third-order valence-corrected chi connectivity index (χ3v) is 4.36. The fourth-order valence-electron chi connectivity index (χ4n) is 3.09. The second-order valence-electron chi connectivity index (χ2n) is 5.61. The van der Waals surface area contributed by atoms with E-state index in [0.717, 1.165) is 12.3 Å². The summed E-state index contributed by atoms with van der Waals surface area (Å²) in [6.45, 7) is 1.88. The normalized spacial score (nSPS) is 20.9. The van der Waals surface area contributed by atoms with Gasteiger partial charge in [-0.1, -0.05) is 25.7 Å². The van der Waals surface area contributed by atoms with Crippen molar-refractivity contribution in [1.29, 1.82) is 0 Å². The maximum atomic E-state index is 12.1. The van der Waals surface area contributed by atoms with Gasteiger partial charge >= 0.3 is 0 Å². The average molecular weight is 268 g/mol. The first-order valence-corrected chi connectivity index (χ1v) is 7.37. The number of carbonyl (C=O) groups is 2. The van der Waals surface area contributed by atoms with Crippen molar-refractivity contribution in [3.8, 4) is 0 Å². The van der Waals surface area contributed by atoms with Gasteiger partial charge in [-0.05, 0) is 12.3 Å². The first-order valence-electron chi connectivity index (χ1n) is 7.37. The molecule has 5 nitrogen and oxygen atoms in total. The molecule has 1 saturated carbocycles. The third-order valence-electron chi connectivity index (χ3n) is 4.36. The molecule has 2 aliphatic rings. The Bertz CT molecular complexity index is 319. The Kier molecular flexibility index (Phi) is 5.19. The molecule has 0 spiro atoms. The summed E-state index contributed by atoms with van der Waals surface area (Å²) in [6.07, 6.45) is 6.88. The van der Waals surface area contributed by atoms with Gasteiger partial charge in [-0.15, -0.1) is 0 Å². The lowest BCUT2D eigenvalue weighted by Gasteiger charge is -2.34. The summed E-state index contributed by atoms with van der Waals surface area (Å²) in [5.41, 5.74) is 0. The van der Waals surface area contributed by atoms with E-state index in [1.807, 2.05) is 4.90 Å². The van der Waals surface area contributed by atoms with Gasteiger partial charge in [0.1, 0.15) is 6.61 Å². The number of carbonyl (C=O) groups excluding carboxylic acids is 2. The zero-order valence-corrected chi connectivity index (χ0v) is 11.5. The number of hydrogen-bond donors (Lipinski definition) is 1. The monoisotopic (exact) mass is 268 g/mol. The van der Waals surface area contributed by atoms with Crippen molar-refractivity contribution in [2.75, 3.05) is 32.8 Å². The van der Waals surface area contributed by atoms with Gasteiger partial charge in [-0.3, -0.25) is 9.59 Å². The highest BCUT2D eigenvalue weighted by Gasteiger charge is 2.24. The van der Waals surface area contributed by atoms with Crippen molar-refractivity contribution in [2.45, 2.75) is 38.5 Å². The van der Waals surface area contributed by atoms with Crippen molar-refractivity contribution >= 4 is 11.8 Å². The van der Waals surface area contributed by atoms with Crippen molar-refractivity contribution in [3.63, 3.8) is 0 Å². The molecule has 0 aromatic carbocycles. The lowest BCUT2D eigenvalue weighted by Crippen LogP contribution is -2.51. The third kappa shape index (κ3) is 3.93. The van der Waals surface area contributed by atoms with Crippen LogP contribution >= 0.6 is 0 Å². The van der Waals surface area contributed by atoms with Crippen molar-refractivity contribution in [1.82, 2.24) is 9.80 Å². The molecule has 0 unspecified atom stereocenters. The van der Waals surface area contributed by atoms with Gasteiger partial charge in [0.05, 0.1) is 0 Å². The van der Waals surface area contributed by atoms with Crippen molar-refractivity contribution in [3.05, 3.63) is 0 Å². The molecule has 1 saturated heterocycles. The molecule has 0 atom stereocenters. The highest BCUT2D eigenvalue weighted by Crippen LogP contribution is 2.28. The van der Waals surface area contributed by atoms with Crippen molar-refractivity contribution in [2.24, 2.45) is 5.92 Å². The van der Waals surface area contributed by atoms with Crippen LogP contribution in [0.1, 0.15) is 38.5 Å². The largest absolute Gasteiger partial charge is 0.387 e. The van der Waals surface area contributed by atoms with E-state index in [0.29, 0.717) is 32.6 Å². The maximum absolute atomic E-state index is 12.1. The molecule has 2 amide bonds. The van der Waals surface area contributed by atoms with Crippen LogP contribution in [0.4, 0.5) is 0 Å². The van der Waals surface area contributed by atoms with E-state index in [1.54, 1.807) is 4.90 Å². The lowest BCUT2D eigenvalue weighted by atomic mass is 10.0. The molecule has 5 heteroatoms. The lowest BCUT2D eigenvalue weighted by molar-refractivity contribution is -0.141. The van der Waals surface area contributed by atoms with E-state index in [1.165, 1.54) is 25.7 Å². The quantitative estimate of drug-likeness (QED) is 0.813. The number of amides is 2. The molecule has 1 aliphatic heterocycles. The highest BCUT2D eigenvalue weighted by molar-refractivity contribution is 5.79. The van der Waals surface area contributed by atoms with Gasteiger partial charge in [0, 0.05) is 32.6 Å². The molecule has 0 bridgehead atoms. The topological polar surface area (TPSA) is 60.9 Å². The number of piperazine rings is 1. The summed E-state index contributed by atoms with van der Waals surface area (Å²) in [6, 6.07) is 0. The van der Waals surface area contributed by atoms with Crippen LogP contribution in [0.5, 0.6) is 0 Å². The highest BCUT2D eigenvalue weighted by atomic mass is 16.3. The molecular formula is C14H24N2O3. The van der Waals surface area contributed by atoms with E-state index in [4.69, 9.17) is 5.11 Å². The number of aliphatic hydroxyl groups excluding tert-OH is 1. The van der Waals surface area contributed by atoms with Crippen LogP contribution in [-0.2, 0) is 9.59 Å². The van der Waals surface area contributed by atoms with Gasteiger partial charge in [-0.2, -0.15) is 0 Å². The van der Waals surface area contributed by atoms with E-state index in [2.05, 4.69) is 0 Å². The van der Waals surface area contributed by atoms with Crippen molar-refractivity contribution < 1.29 is 14.7 Å². The Labute approximate surface area is 114 Å². The Morgan fingerprint density at radius 2 is 1.47 bits per heavy atom. The molecule has 0 radical (unpaired) electrons. The van der Waals surface area contributed by atoms with Crippen LogP contribution in [0.3, 0.4) is 0 Å². The molecule has 2 fully saturated rings. The Morgan fingerprint density at radius 3 is 2.00 bits per heavy atom. The number of rotatable bonds is 4. The zero-order chi connectivity index (χ0) is 13.7. The number of nitrogens with zero attached hydrogens (tertiary/aromatic N) is 2. The first-order chi connectivity index (χ1) is 9.20. The molecule has 1 aliphatic carbocycles. The second-order valence-corrected chi connectivity index (χ2v) is 5.61. The van der Waals surface area contributed by atoms with E-state index >= 15 is 0 Å². The standard InChI is InChI=1S/C14H24N2O3/c17-11-14(19)16-9-7-15(8-10-16)13(18)6-5-12-3-1-2-4-12/h12,17H,1-11H2. The fraction of sp³-hybridized carbons (Fsp3) is 0.857. The minimum Gasteiger partial charge on any atom is -0.387 e. The van der Waals surface area contributed by atoms with Crippen LogP contribution in [0.15, 0.2) is 0 Å². The summed E-state index contributed by atoms with van der Waals surface area (Å²) in [5.74, 6) is 0.738. The van der Waals surface area contributed by atoms with E-state index < -0.39 is 6.61 Å². The molecule has 19 heavy (non-hydrogen) atoms. The first kappa shape index (κ1) is 14.3. The summed E-state index contributed by atoms with van der Waals surface area (Å²) < 4.78 is 0. The van der Waals surface area contributed by atoms with Gasteiger partial charge in [-0.25, -0.2) is 0 Å². The Hall–Kier alpha value is -1.10. The minimum atomic E-state index is -0.435. The second kappa shape index (κ2) is 6.89. The van der Waals surface area contributed by atoms with Crippen LogP contribution in [-0.4, -0.2) is 59.5 Å². The predicted molar refractivity (Wildman–Crippen MR) is 71.4 cm³/mol. The smallest absolute Gasteiger partial charge is 0.248 e. The van der Waals surface area contributed by atoms with Crippen LogP contribution in [0.25, 0.3) is 0 Å². The Balaban J connectivity index is 1.68. The van der Waals surface area contributed by atoms with E-state index in [-0.39, 0.29) is 11.8 Å². The maximum Gasteiger partial charge on any atom is 0.248 e. The van der Waals surface area contributed by atoms with Crippen LogP contribution in [0, 0.1) is 5.92 Å². The average Bonchev–Trinajstić information content (AvgIpc) is 2.97. The number of hydrogen-bond acceptors (Lipinski definition) is 3. The van der Waals surface area contributed by atoms with Crippen LogP contribution in [0.2, 0.25) is 0 Å². The summed E-state index contributed by atoms with van der Waals surface area (Å²) in [4.78, 5) is 26.9. The molecule has 1 heterocycles. The fourth-order valence-corrected chi connectivity index (χ4v) is 3.09. The van der Waals surface area contributed by atoms with Gasteiger partial charge in [0.2, 0.25) is 11.8 Å². The summed E-state index contributed by atoms with van der Waals surface area (Å²) in [5, 5.41) is 8.80. The van der Waals surface area contributed by atoms with Crippen LogP contribution < -0.4 is 0 Å². The zero-order valence-electron chi connectivity index (χ0n) is 11.5. The molecule has 108 valence electrons. The summed E-state index contributed by atoms with van der Waals surface area (Å²) in [7, 11) is 0. The molecule has 0 aromatic heterocycles. The predicted octanol–water partition coefficient (Wildman–Crippen LogP) is 0.620. The molecule has 0 aromatic rings. The molecular weight excluding hydrogens is 244 g/mol. The Morgan fingerprint density at radius 1 is 0.947 bits per heavy atom. The van der Waals surface area contributed by atoms with Gasteiger partial charge < -0.3 is 14.9 Å². The number of aliphatic hydroxyl groups is 1. The summed E-state index contributed by atoms with van der Waals surface area (Å²) >= 11 is 0. The van der Waals surface area contributed by atoms with Gasteiger partial charge in [0.25, 0.3) is 0 Å². The van der Waals surface area contributed by atoms with E-state index in [9.17, 15) is 9.59 Å². The van der Waals surface area contributed by atoms with Gasteiger partial charge in [0.15, 0.2) is 0 Å². The SMILES string of the molecule is O=C(CO)N1CCN(C(=O)CCC2CCCC2)CC1. The molecule has 2 rings (SSSR count). The minimum absolute atomic E-state index is 0.225. The molecule has 1 N–H and O–H groups in total.